The molecule has 0 aromatic heterocycles. The zero-order chi connectivity index (χ0) is 24.5. The van der Waals surface area contributed by atoms with Crippen molar-refractivity contribution in [2.45, 2.75) is 71.0 Å². The van der Waals surface area contributed by atoms with Gasteiger partial charge in [0.15, 0.2) is 6.61 Å². The Morgan fingerprint density at radius 1 is 1.12 bits per heavy atom. The number of benzene rings is 2. The van der Waals surface area contributed by atoms with Crippen LogP contribution in [0.3, 0.4) is 0 Å². The van der Waals surface area contributed by atoms with Gasteiger partial charge in [0.2, 0.25) is 5.91 Å². The van der Waals surface area contributed by atoms with Crippen molar-refractivity contribution in [3.05, 3.63) is 58.1 Å². The number of aryl methyl sites for hydroxylation is 1. The van der Waals surface area contributed by atoms with Crippen molar-refractivity contribution in [1.82, 2.24) is 10.2 Å². The number of halogens is 1. The lowest BCUT2D eigenvalue weighted by atomic mass is 10.1. The first-order valence-corrected chi connectivity index (χ1v) is 12.9. The maximum atomic E-state index is 13.4. The molecule has 1 atom stereocenters. The first kappa shape index (κ1) is 26.1. The van der Waals surface area contributed by atoms with E-state index in [9.17, 15) is 9.59 Å². The number of carbonyl (C=O) groups is 2. The molecule has 2 aromatic rings. The first-order valence-electron chi connectivity index (χ1n) is 12.1. The van der Waals surface area contributed by atoms with Gasteiger partial charge in [0.25, 0.3) is 5.91 Å². The second kappa shape index (κ2) is 12.8. The number of methoxy groups -OCH3 is 1. The fourth-order valence-electron chi connectivity index (χ4n) is 4.36. The monoisotopic (exact) mass is 530 g/mol. The highest BCUT2D eigenvalue weighted by Gasteiger charge is 2.31. The molecular weight excluding hydrogens is 496 g/mol. The highest BCUT2D eigenvalue weighted by atomic mass is 79.9. The highest BCUT2D eigenvalue weighted by molar-refractivity contribution is 9.10. The van der Waals surface area contributed by atoms with Crippen LogP contribution < -0.4 is 14.8 Å². The number of hydrogen-bond donors (Lipinski definition) is 1. The standard InChI is InChI=1S/C27H35BrN2O4/c1-4-19-13-14-25(23(28)16-19)34-18-26(31)30(17-20-9-8-12-22(15-20)33-3)24(5-2)27(32)29-21-10-6-7-11-21/h8-9,12-16,21,24H,4-7,10-11,17-18H2,1-3H3,(H,29,32). The number of amides is 2. The Morgan fingerprint density at radius 2 is 1.88 bits per heavy atom. The predicted molar refractivity (Wildman–Crippen MR) is 137 cm³/mol. The second-order valence-corrected chi connectivity index (χ2v) is 9.55. The molecule has 0 saturated heterocycles. The number of hydrogen-bond acceptors (Lipinski definition) is 4. The normalized spacial score (nSPS) is 14.5. The summed E-state index contributed by atoms with van der Waals surface area (Å²) < 4.78 is 12.0. The molecule has 0 bridgehead atoms. The van der Waals surface area contributed by atoms with Crippen molar-refractivity contribution < 1.29 is 19.1 Å². The van der Waals surface area contributed by atoms with E-state index in [-0.39, 0.29) is 24.5 Å². The van der Waals surface area contributed by atoms with Crippen molar-refractivity contribution in [1.29, 1.82) is 0 Å². The summed E-state index contributed by atoms with van der Waals surface area (Å²) in [5.41, 5.74) is 2.08. The number of ether oxygens (including phenoxy) is 2. The Hall–Kier alpha value is -2.54. The summed E-state index contributed by atoms with van der Waals surface area (Å²) in [5.74, 6) is 0.988. The fourth-order valence-corrected chi connectivity index (χ4v) is 4.90. The fraction of sp³-hybridized carbons (Fsp3) is 0.481. The molecule has 184 valence electrons. The molecule has 0 spiro atoms. The van der Waals surface area contributed by atoms with Gasteiger partial charge in [-0.1, -0.05) is 44.9 Å². The van der Waals surface area contributed by atoms with Crippen LogP contribution in [0.4, 0.5) is 0 Å². The molecule has 3 rings (SSSR count). The predicted octanol–water partition coefficient (Wildman–Crippen LogP) is 5.27. The molecule has 1 N–H and O–H groups in total. The smallest absolute Gasteiger partial charge is 0.261 e. The van der Waals surface area contributed by atoms with Crippen molar-refractivity contribution in [2.75, 3.05) is 13.7 Å². The van der Waals surface area contributed by atoms with Crippen molar-refractivity contribution >= 4 is 27.7 Å². The molecule has 6 nitrogen and oxygen atoms in total. The van der Waals surface area contributed by atoms with E-state index >= 15 is 0 Å². The molecule has 0 radical (unpaired) electrons. The van der Waals surface area contributed by atoms with Crippen molar-refractivity contribution in [3.8, 4) is 11.5 Å². The summed E-state index contributed by atoms with van der Waals surface area (Å²) in [4.78, 5) is 28.3. The van der Waals surface area contributed by atoms with Gasteiger partial charge in [0, 0.05) is 12.6 Å². The van der Waals surface area contributed by atoms with E-state index < -0.39 is 6.04 Å². The minimum absolute atomic E-state index is 0.0980. The molecule has 1 fully saturated rings. The molecule has 0 aliphatic heterocycles. The number of nitrogens with zero attached hydrogens (tertiary/aromatic N) is 1. The first-order chi connectivity index (χ1) is 16.4. The molecule has 34 heavy (non-hydrogen) atoms. The maximum absolute atomic E-state index is 13.4. The molecule has 2 amide bonds. The summed E-state index contributed by atoms with van der Waals surface area (Å²) in [6.45, 7) is 4.17. The van der Waals surface area contributed by atoms with Crippen LogP contribution >= 0.6 is 15.9 Å². The Balaban J connectivity index is 1.78. The summed E-state index contributed by atoms with van der Waals surface area (Å²) in [6.07, 6.45) is 5.69. The van der Waals surface area contributed by atoms with Gasteiger partial charge in [-0.25, -0.2) is 0 Å². The van der Waals surface area contributed by atoms with Crippen molar-refractivity contribution in [2.24, 2.45) is 0 Å². The summed E-state index contributed by atoms with van der Waals surface area (Å²) >= 11 is 3.53. The van der Waals surface area contributed by atoms with Gasteiger partial charge in [-0.05, 0) is 77.0 Å². The lowest BCUT2D eigenvalue weighted by Crippen LogP contribution is -2.52. The molecule has 7 heteroatoms. The summed E-state index contributed by atoms with van der Waals surface area (Å²) in [7, 11) is 1.61. The third kappa shape index (κ3) is 6.98. The summed E-state index contributed by atoms with van der Waals surface area (Å²) in [6, 6.07) is 13.1. The minimum Gasteiger partial charge on any atom is -0.497 e. The number of nitrogens with one attached hydrogen (secondary N) is 1. The van der Waals surface area contributed by atoms with Crippen LogP contribution in [0, 0.1) is 0 Å². The maximum Gasteiger partial charge on any atom is 0.261 e. The lowest BCUT2D eigenvalue weighted by Gasteiger charge is -2.31. The van der Waals surface area contributed by atoms with E-state index in [2.05, 4.69) is 28.2 Å². The number of rotatable bonds is 11. The van der Waals surface area contributed by atoms with E-state index in [0.29, 0.717) is 24.5 Å². The van der Waals surface area contributed by atoms with E-state index in [1.54, 1.807) is 12.0 Å². The van der Waals surface area contributed by atoms with E-state index in [1.807, 2.05) is 49.4 Å². The zero-order valence-corrected chi connectivity index (χ0v) is 21.9. The van der Waals surface area contributed by atoms with Gasteiger partial charge in [-0.15, -0.1) is 0 Å². The van der Waals surface area contributed by atoms with Crippen LogP contribution in [0.2, 0.25) is 0 Å². The molecule has 1 aliphatic rings. The average Bonchev–Trinajstić information content (AvgIpc) is 3.36. The molecule has 0 heterocycles. The van der Waals surface area contributed by atoms with Crippen LogP contribution in [0.25, 0.3) is 0 Å². The molecule has 2 aromatic carbocycles. The third-order valence-corrected chi connectivity index (χ3v) is 6.95. The minimum atomic E-state index is -0.575. The van der Waals surface area contributed by atoms with Gasteiger partial charge >= 0.3 is 0 Å². The van der Waals surface area contributed by atoms with Gasteiger partial charge in [-0.3, -0.25) is 9.59 Å². The molecule has 1 unspecified atom stereocenters. The Bertz CT molecular complexity index is 975. The quantitative estimate of drug-likeness (QED) is 0.429. The van der Waals surface area contributed by atoms with E-state index in [1.165, 1.54) is 5.56 Å². The Kier molecular flexibility index (Phi) is 9.81. The molecule has 1 aliphatic carbocycles. The molecule has 1 saturated carbocycles. The van der Waals surface area contributed by atoms with Crippen molar-refractivity contribution in [3.63, 3.8) is 0 Å². The summed E-state index contributed by atoms with van der Waals surface area (Å²) in [5, 5.41) is 3.16. The lowest BCUT2D eigenvalue weighted by molar-refractivity contribution is -0.143. The average molecular weight is 531 g/mol. The Labute approximate surface area is 211 Å². The third-order valence-electron chi connectivity index (χ3n) is 6.33. The second-order valence-electron chi connectivity index (χ2n) is 8.69. The van der Waals surface area contributed by atoms with Gasteiger partial charge in [0.05, 0.1) is 11.6 Å². The highest BCUT2D eigenvalue weighted by Crippen LogP contribution is 2.27. The van der Waals surface area contributed by atoms with Crippen LogP contribution in [-0.2, 0) is 22.6 Å². The Morgan fingerprint density at radius 3 is 2.53 bits per heavy atom. The van der Waals surface area contributed by atoms with Crippen LogP contribution in [0.1, 0.15) is 57.1 Å². The SMILES string of the molecule is CCc1ccc(OCC(=O)N(Cc2cccc(OC)c2)C(CC)C(=O)NC2CCCC2)c(Br)c1. The van der Waals surface area contributed by atoms with E-state index in [4.69, 9.17) is 9.47 Å². The van der Waals surface area contributed by atoms with E-state index in [0.717, 1.165) is 42.1 Å². The van der Waals surface area contributed by atoms with Gasteiger partial charge in [-0.2, -0.15) is 0 Å². The zero-order valence-electron chi connectivity index (χ0n) is 20.3. The topological polar surface area (TPSA) is 67.9 Å². The number of carbonyl (C=O) groups excluding carboxylic acids is 2. The van der Waals surface area contributed by atoms with Gasteiger partial charge in [0.1, 0.15) is 17.5 Å². The van der Waals surface area contributed by atoms with Crippen LogP contribution in [0.15, 0.2) is 46.9 Å². The molecular formula is C27H35BrN2O4. The largest absolute Gasteiger partial charge is 0.497 e. The van der Waals surface area contributed by atoms with Gasteiger partial charge < -0.3 is 19.7 Å². The van der Waals surface area contributed by atoms with Crippen LogP contribution in [0.5, 0.6) is 11.5 Å². The van der Waals surface area contributed by atoms with Crippen LogP contribution in [-0.4, -0.2) is 42.5 Å².